The van der Waals surface area contributed by atoms with Gasteiger partial charge >= 0.3 is 0 Å². The Bertz CT molecular complexity index is 1560. The standard InChI is InChI=1S/C26H17FN6/c1-15-16(2)31-26-24(30-15)23(21-9-8-17(13-28)11-22(21)27)32-25(33-26)19-6-3-5-18(12-19)20-7-4-10-29-14-20/h3-12,14H,1-2H3. The van der Waals surface area contributed by atoms with Crippen LogP contribution in [0.3, 0.4) is 0 Å². The van der Waals surface area contributed by atoms with Gasteiger partial charge in [-0.25, -0.2) is 24.3 Å². The fourth-order valence-electron chi connectivity index (χ4n) is 3.58. The van der Waals surface area contributed by atoms with E-state index in [1.165, 1.54) is 6.07 Å². The molecule has 0 radical (unpaired) electrons. The third-order valence-corrected chi connectivity index (χ3v) is 5.41. The van der Waals surface area contributed by atoms with Crippen LogP contribution in [0.15, 0.2) is 67.0 Å². The fraction of sp³-hybridized carbons (Fsp3) is 0.0769. The van der Waals surface area contributed by atoms with E-state index in [1.54, 1.807) is 24.5 Å². The molecule has 158 valence electrons. The Labute approximate surface area is 189 Å². The highest BCUT2D eigenvalue weighted by atomic mass is 19.1. The molecule has 3 heterocycles. The van der Waals surface area contributed by atoms with E-state index in [9.17, 15) is 4.39 Å². The SMILES string of the molecule is Cc1nc2nc(-c3cccc(-c4cccnc4)c3)nc(-c3ccc(C#N)cc3F)c2nc1C. The summed E-state index contributed by atoms with van der Waals surface area (Å²) < 4.78 is 15.0. The van der Waals surface area contributed by atoms with Crippen molar-refractivity contribution in [2.24, 2.45) is 0 Å². The summed E-state index contributed by atoms with van der Waals surface area (Å²) in [6.07, 6.45) is 3.51. The lowest BCUT2D eigenvalue weighted by Gasteiger charge is -2.11. The van der Waals surface area contributed by atoms with Gasteiger partial charge in [0.1, 0.15) is 17.0 Å². The third kappa shape index (κ3) is 3.79. The number of benzene rings is 2. The van der Waals surface area contributed by atoms with Crippen molar-refractivity contribution in [2.75, 3.05) is 0 Å². The zero-order chi connectivity index (χ0) is 22.9. The Morgan fingerprint density at radius 2 is 1.61 bits per heavy atom. The number of hydrogen-bond donors (Lipinski definition) is 0. The van der Waals surface area contributed by atoms with Gasteiger partial charge in [0.2, 0.25) is 0 Å². The highest BCUT2D eigenvalue weighted by Crippen LogP contribution is 2.31. The van der Waals surface area contributed by atoms with Gasteiger partial charge in [0.15, 0.2) is 11.5 Å². The molecule has 0 saturated carbocycles. The van der Waals surface area contributed by atoms with E-state index >= 15 is 0 Å². The van der Waals surface area contributed by atoms with Crippen LogP contribution < -0.4 is 0 Å². The fourth-order valence-corrected chi connectivity index (χ4v) is 3.58. The molecule has 0 unspecified atom stereocenters. The Morgan fingerprint density at radius 3 is 2.36 bits per heavy atom. The number of fused-ring (bicyclic) bond motifs is 1. The Hall–Kier alpha value is -4.57. The molecule has 5 rings (SSSR count). The first-order chi connectivity index (χ1) is 16.0. The van der Waals surface area contributed by atoms with Crippen LogP contribution in [0, 0.1) is 31.0 Å². The normalized spacial score (nSPS) is 10.8. The van der Waals surface area contributed by atoms with Crippen molar-refractivity contribution in [3.8, 4) is 39.8 Å². The number of nitriles is 1. The molecule has 0 aliphatic carbocycles. The minimum atomic E-state index is -0.552. The molecular formula is C26H17FN6. The topological polar surface area (TPSA) is 88.2 Å². The molecule has 0 aliphatic heterocycles. The molecule has 2 aromatic carbocycles. The van der Waals surface area contributed by atoms with Crippen LogP contribution in [-0.4, -0.2) is 24.9 Å². The number of halogens is 1. The summed E-state index contributed by atoms with van der Waals surface area (Å²) >= 11 is 0. The summed E-state index contributed by atoms with van der Waals surface area (Å²) in [4.78, 5) is 22.8. The lowest BCUT2D eigenvalue weighted by atomic mass is 10.0. The van der Waals surface area contributed by atoms with Crippen molar-refractivity contribution < 1.29 is 4.39 Å². The van der Waals surface area contributed by atoms with Gasteiger partial charge in [-0.3, -0.25) is 4.98 Å². The van der Waals surface area contributed by atoms with Gasteiger partial charge in [-0.1, -0.05) is 24.3 Å². The van der Waals surface area contributed by atoms with Crippen LogP contribution in [-0.2, 0) is 0 Å². The maximum absolute atomic E-state index is 15.0. The van der Waals surface area contributed by atoms with E-state index in [4.69, 9.17) is 10.2 Å². The molecule has 0 saturated heterocycles. The Morgan fingerprint density at radius 1 is 0.818 bits per heavy atom. The molecule has 3 aromatic heterocycles. The number of pyridine rings is 1. The van der Waals surface area contributed by atoms with Gasteiger partial charge in [0.05, 0.1) is 23.0 Å². The lowest BCUT2D eigenvalue weighted by molar-refractivity contribution is 0.630. The quantitative estimate of drug-likeness (QED) is 0.377. The number of rotatable bonds is 3. The zero-order valence-corrected chi connectivity index (χ0v) is 17.9. The first-order valence-corrected chi connectivity index (χ1v) is 10.3. The molecular weight excluding hydrogens is 415 g/mol. The summed E-state index contributed by atoms with van der Waals surface area (Å²) in [7, 11) is 0. The second-order valence-corrected chi connectivity index (χ2v) is 7.59. The summed E-state index contributed by atoms with van der Waals surface area (Å²) in [6, 6.07) is 17.9. The number of aryl methyl sites for hydroxylation is 2. The van der Waals surface area contributed by atoms with Crippen LogP contribution in [0.1, 0.15) is 17.0 Å². The molecule has 7 heteroatoms. The molecule has 5 aromatic rings. The van der Waals surface area contributed by atoms with Gasteiger partial charge in [-0.15, -0.1) is 0 Å². The average Bonchev–Trinajstić information content (AvgIpc) is 2.85. The van der Waals surface area contributed by atoms with Crippen molar-refractivity contribution in [3.05, 3.63) is 89.8 Å². The monoisotopic (exact) mass is 432 g/mol. The molecule has 33 heavy (non-hydrogen) atoms. The van der Waals surface area contributed by atoms with Gasteiger partial charge in [0.25, 0.3) is 0 Å². The van der Waals surface area contributed by atoms with E-state index in [1.807, 2.05) is 56.3 Å². The van der Waals surface area contributed by atoms with E-state index in [0.717, 1.165) is 22.4 Å². The van der Waals surface area contributed by atoms with E-state index < -0.39 is 5.82 Å². The number of hydrogen-bond acceptors (Lipinski definition) is 6. The molecule has 0 fully saturated rings. The van der Waals surface area contributed by atoms with Crippen molar-refractivity contribution in [1.29, 1.82) is 5.26 Å². The van der Waals surface area contributed by atoms with Gasteiger partial charge in [-0.2, -0.15) is 5.26 Å². The first kappa shape index (κ1) is 20.3. The van der Waals surface area contributed by atoms with E-state index in [2.05, 4.69) is 19.9 Å². The van der Waals surface area contributed by atoms with Crippen LogP contribution in [0.25, 0.3) is 44.9 Å². The van der Waals surface area contributed by atoms with Crippen molar-refractivity contribution in [2.45, 2.75) is 13.8 Å². The van der Waals surface area contributed by atoms with Gasteiger partial charge in [0, 0.05) is 29.1 Å². The number of aromatic nitrogens is 5. The highest BCUT2D eigenvalue weighted by Gasteiger charge is 2.18. The van der Waals surface area contributed by atoms with Crippen molar-refractivity contribution in [1.82, 2.24) is 24.9 Å². The smallest absolute Gasteiger partial charge is 0.182 e. The van der Waals surface area contributed by atoms with Crippen LogP contribution in [0.2, 0.25) is 0 Å². The largest absolute Gasteiger partial charge is 0.264 e. The zero-order valence-electron chi connectivity index (χ0n) is 17.9. The molecule has 0 spiro atoms. The second kappa shape index (κ2) is 8.17. The molecule has 0 amide bonds. The summed E-state index contributed by atoms with van der Waals surface area (Å²) in [5.74, 6) is -0.145. The number of nitrogens with zero attached hydrogens (tertiary/aromatic N) is 6. The first-order valence-electron chi connectivity index (χ1n) is 10.3. The maximum atomic E-state index is 15.0. The van der Waals surface area contributed by atoms with Crippen molar-refractivity contribution >= 4 is 11.2 Å². The predicted octanol–water partition coefficient (Wildman–Crippen LogP) is 5.44. The van der Waals surface area contributed by atoms with Gasteiger partial charge < -0.3 is 0 Å². The lowest BCUT2D eigenvalue weighted by Crippen LogP contribution is -2.03. The van der Waals surface area contributed by atoms with E-state index in [-0.39, 0.29) is 11.1 Å². The predicted molar refractivity (Wildman–Crippen MR) is 123 cm³/mol. The third-order valence-electron chi connectivity index (χ3n) is 5.41. The molecule has 6 nitrogen and oxygen atoms in total. The highest BCUT2D eigenvalue weighted by molar-refractivity contribution is 5.89. The minimum absolute atomic E-state index is 0.233. The Kier molecular flexibility index (Phi) is 5.04. The average molecular weight is 432 g/mol. The summed E-state index contributed by atoms with van der Waals surface area (Å²) in [5, 5.41) is 9.11. The van der Waals surface area contributed by atoms with E-state index in [0.29, 0.717) is 28.4 Å². The van der Waals surface area contributed by atoms with Crippen LogP contribution in [0.5, 0.6) is 0 Å². The molecule has 0 N–H and O–H groups in total. The van der Waals surface area contributed by atoms with Crippen LogP contribution in [0.4, 0.5) is 4.39 Å². The minimum Gasteiger partial charge on any atom is -0.264 e. The van der Waals surface area contributed by atoms with Crippen molar-refractivity contribution in [3.63, 3.8) is 0 Å². The van der Waals surface area contributed by atoms with Crippen LogP contribution >= 0.6 is 0 Å². The second-order valence-electron chi connectivity index (χ2n) is 7.59. The Balaban J connectivity index is 1.75. The molecule has 0 atom stereocenters. The molecule has 0 aliphatic rings. The maximum Gasteiger partial charge on any atom is 0.182 e. The summed E-state index contributed by atoms with van der Waals surface area (Å²) in [6.45, 7) is 3.69. The molecule has 0 bridgehead atoms. The summed E-state index contributed by atoms with van der Waals surface area (Å²) in [5.41, 5.74) is 5.73. The van der Waals surface area contributed by atoms with Gasteiger partial charge in [-0.05, 0) is 49.7 Å².